The molecule has 33 heavy (non-hydrogen) atoms. The highest BCUT2D eigenvalue weighted by Gasteiger charge is 2.16. The minimum absolute atomic E-state index is 0.0470. The molecule has 3 amide bonds. The number of urea groups is 1. The lowest BCUT2D eigenvalue weighted by molar-refractivity contribution is -0.137. The number of carbonyl (C=O) groups is 3. The minimum Gasteiger partial charge on any atom is -0.481 e. The number of nitrogens with zero attached hydrogens (tertiary/aromatic N) is 1. The number of rotatable bonds is 11. The Bertz CT molecular complexity index is 1060. The molecule has 2 aromatic carbocycles. The maximum atomic E-state index is 12.4. The van der Waals surface area contributed by atoms with Gasteiger partial charge in [-0.3, -0.25) is 14.9 Å². The van der Waals surface area contributed by atoms with Gasteiger partial charge in [0, 0.05) is 18.5 Å². The monoisotopic (exact) mass is 466 g/mol. The number of aliphatic carboxylic acids is 1. The number of thiazole rings is 1. The summed E-state index contributed by atoms with van der Waals surface area (Å²) in [5, 5.41) is 19.3. The van der Waals surface area contributed by atoms with Crippen LogP contribution in [-0.4, -0.2) is 34.5 Å². The maximum Gasteiger partial charge on any atom is 0.321 e. The van der Waals surface area contributed by atoms with Crippen molar-refractivity contribution in [3.8, 4) is 0 Å². The largest absolute Gasteiger partial charge is 0.481 e. The van der Waals surface area contributed by atoms with Gasteiger partial charge in [-0.15, -0.1) is 11.3 Å². The average molecular weight is 467 g/mol. The fourth-order valence-electron chi connectivity index (χ4n) is 3.32. The van der Waals surface area contributed by atoms with Crippen molar-refractivity contribution in [2.75, 3.05) is 11.9 Å². The first-order valence-electron chi connectivity index (χ1n) is 10.6. The van der Waals surface area contributed by atoms with Crippen LogP contribution in [0, 0.1) is 0 Å². The van der Waals surface area contributed by atoms with Crippen LogP contribution in [0.4, 0.5) is 9.93 Å². The van der Waals surface area contributed by atoms with Gasteiger partial charge in [-0.2, -0.15) is 0 Å². The third kappa shape index (κ3) is 8.04. The summed E-state index contributed by atoms with van der Waals surface area (Å²) in [6.07, 6.45) is 1.32. The molecular formula is C24H26N4O4S. The number of carbonyl (C=O) groups excluding carboxylic acids is 2. The van der Waals surface area contributed by atoms with Gasteiger partial charge >= 0.3 is 12.0 Å². The molecule has 0 aliphatic heterocycles. The van der Waals surface area contributed by atoms with Crippen LogP contribution in [0.1, 0.15) is 46.8 Å². The number of aromatic nitrogens is 1. The average Bonchev–Trinajstić information content (AvgIpc) is 3.29. The van der Waals surface area contributed by atoms with E-state index in [1.807, 2.05) is 60.7 Å². The van der Waals surface area contributed by atoms with Crippen LogP contribution >= 0.6 is 11.3 Å². The first-order chi connectivity index (χ1) is 16.0. The molecule has 0 bridgehead atoms. The van der Waals surface area contributed by atoms with Crippen molar-refractivity contribution in [1.29, 1.82) is 0 Å². The molecule has 4 N–H and O–H groups in total. The molecule has 8 nitrogen and oxygen atoms in total. The van der Waals surface area contributed by atoms with Gasteiger partial charge in [0.15, 0.2) is 5.13 Å². The predicted octanol–water partition coefficient (Wildman–Crippen LogP) is 4.23. The van der Waals surface area contributed by atoms with Crippen molar-refractivity contribution in [2.24, 2.45) is 0 Å². The summed E-state index contributed by atoms with van der Waals surface area (Å²) in [5.74, 6) is -1.29. The Kier molecular flexibility index (Phi) is 8.96. The van der Waals surface area contributed by atoms with Crippen LogP contribution in [0.2, 0.25) is 0 Å². The number of carboxylic acids is 1. The number of amides is 3. The van der Waals surface area contributed by atoms with E-state index in [0.29, 0.717) is 31.1 Å². The molecule has 0 saturated heterocycles. The predicted molar refractivity (Wildman–Crippen MR) is 127 cm³/mol. The van der Waals surface area contributed by atoms with Crippen LogP contribution in [0.5, 0.6) is 0 Å². The Morgan fingerprint density at radius 1 is 0.970 bits per heavy atom. The summed E-state index contributed by atoms with van der Waals surface area (Å²) >= 11 is 1.17. The zero-order chi connectivity index (χ0) is 23.5. The van der Waals surface area contributed by atoms with Crippen molar-refractivity contribution in [1.82, 2.24) is 15.6 Å². The van der Waals surface area contributed by atoms with Gasteiger partial charge in [-0.05, 0) is 29.9 Å². The summed E-state index contributed by atoms with van der Waals surface area (Å²) in [6.45, 7) is 0.789. The Morgan fingerprint density at radius 2 is 1.67 bits per heavy atom. The van der Waals surface area contributed by atoms with Crippen LogP contribution in [0.25, 0.3) is 0 Å². The number of hydrogen-bond donors (Lipinski definition) is 4. The number of hydrogen-bond acceptors (Lipinski definition) is 5. The van der Waals surface area contributed by atoms with Crippen molar-refractivity contribution in [3.63, 3.8) is 0 Å². The van der Waals surface area contributed by atoms with Gasteiger partial charge < -0.3 is 15.7 Å². The van der Waals surface area contributed by atoms with E-state index in [2.05, 4.69) is 20.9 Å². The molecule has 3 rings (SSSR count). The molecule has 1 unspecified atom stereocenters. The van der Waals surface area contributed by atoms with Gasteiger partial charge in [0.2, 0.25) is 0 Å². The van der Waals surface area contributed by atoms with Gasteiger partial charge in [0.25, 0.3) is 5.91 Å². The van der Waals surface area contributed by atoms with Crippen molar-refractivity contribution in [3.05, 3.63) is 82.9 Å². The SMILES string of the molecule is O=C(O)CC(CCCNC(=O)c1csc(NC(=O)NCc2ccccc2)n1)c1ccccc1. The minimum atomic E-state index is -0.844. The molecule has 0 fully saturated rings. The van der Waals surface area contributed by atoms with E-state index in [1.54, 1.807) is 5.38 Å². The Morgan fingerprint density at radius 3 is 2.36 bits per heavy atom. The highest BCUT2D eigenvalue weighted by molar-refractivity contribution is 7.14. The summed E-state index contributed by atoms with van der Waals surface area (Å²) in [4.78, 5) is 39.7. The highest BCUT2D eigenvalue weighted by atomic mass is 32.1. The molecule has 3 aromatic rings. The zero-order valence-corrected chi connectivity index (χ0v) is 18.8. The van der Waals surface area contributed by atoms with Gasteiger partial charge in [-0.1, -0.05) is 60.7 Å². The van der Waals surface area contributed by atoms with Crippen molar-refractivity contribution in [2.45, 2.75) is 31.7 Å². The standard InChI is InChI=1S/C24H26N4O4S/c29-21(30)14-19(18-10-5-2-6-11-18)12-7-13-25-22(31)20-16-33-24(27-20)28-23(32)26-15-17-8-3-1-4-9-17/h1-6,8-11,16,19H,7,12-15H2,(H,25,31)(H,29,30)(H2,26,27,28,32). The van der Waals surface area contributed by atoms with Gasteiger partial charge in [0.05, 0.1) is 6.42 Å². The van der Waals surface area contributed by atoms with E-state index in [-0.39, 0.29) is 23.9 Å². The van der Waals surface area contributed by atoms with Gasteiger partial charge in [0.1, 0.15) is 5.69 Å². The number of nitrogens with one attached hydrogen (secondary N) is 3. The van der Waals surface area contributed by atoms with E-state index >= 15 is 0 Å². The molecule has 0 aliphatic carbocycles. The molecule has 0 radical (unpaired) electrons. The summed E-state index contributed by atoms with van der Waals surface area (Å²) in [7, 11) is 0. The number of carboxylic acid groups (broad SMARTS) is 1. The van der Waals surface area contributed by atoms with Crippen LogP contribution < -0.4 is 16.0 Å². The molecule has 1 atom stereocenters. The molecular weight excluding hydrogens is 440 g/mol. The zero-order valence-electron chi connectivity index (χ0n) is 18.0. The molecule has 1 heterocycles. The summed E-state index contributed by atoms with van der Waals surface area (Å²) in [6, 6.07) is 18.6. The second-order valence-electron chi connectivity index (χ2n) is 7.43. The molecule has 9 heteroatoms. The second-order valence-corrected chi connectivity index (χ2v) is 8.29. The lowest BCUT2D eigenvalue weighted by Crippen LogP contribution is -2.28. The Hall–Kier alpha value is -3.72. The van der Waals surface area contributed by atoms with Crippen LogP contribution in [0.3, 0.4) is 0 Å². The normalized spacial score (nSPS) is 11.4. The lowest BCUT2D eigenvalue weighted by atomic mass is 9.91. The van der Waals surface area contributed by atoms with Crippen LogP contribution in [0.15, 0.2) is 66.0 Å². The third-order valence-electron chi connectivity index (χ3n) is 4.96. The lowest BCUT2D eigenvalue weighted by Gasteiger charge is -2.15. The number of benzene rings is 2. The van der Waals surface area contributed by atoms with E-state index in [4.69, 9.17) is 0 Å². The first kappa shape index (κ1) is 23.9. The fourth-order valence-corrected chi connectivity index (χ4v) is 4.00. The molecule has 0 saturated carbocycles. The molecule has 0 spiro atoms. The summed E-state index contributed by atoms with van der Waals surface area (Å²) < 4.78 is 0. The van der Waals surface area contributed by atoms with E-state index in [0.717, 1.165) is 11.1 Å². The third-order valence-corrected chi connectivity index (χ3v) is 5.72. The first-order valence-corrected chi connectivity index (χ1v) is 11.5. The maximum absolute atomic E-state index is 12.4. The Labute approximate surface area is 196 Å². The van der Waals surface area contributed by atoms with Crippen molar-refractivity contribution >= 4 is 34.4 Å². The topological polar surface area (TPSA) is 120 Å². The van der Waals surface area contributed by atoms with Crippen LogP contribution in [-0.2, 0) is 11.3 Å². The Balaban J connectivity index is 1.41. The quantitative estimate of drug-likeness (QED) is 0.315. The van der Waals surface area contributed by atoms with Gasteiger partial charge in [-0.25, -0.2) is 9.78 Å². The van der Waals surface area contributed by atoms with Crippen molar-refractivity contribution < 1.29 is 19.5 Å². The van der Waals surface area contributed by atoms with E-state index in [1.165, 1.54) is 11.3 Å². The molecule has 0 aliphatic rings. The fraction of sp³-hybridized carbons (Fsp3) is 0.250. The number of anilines is 1. The smallest absolute Gasteiger partial charge is 0.321 e. The second kappa shape index (κ2) is 12.4. The summed E-state index contributed by atoms with van der Waals surface area (Å²) in [5.41, 5.74) is 2.18. The van der Waals surface area contributed by atoms with E-state index < -0.39 is 12.0 Å². The van der Waals surface area contributed by atoms with E-state index in [9.17, 15) is 19.5 Å². The highest BCUT2D eigenvalue weighted by Crippen LogP contribution is 2.24. The molecule has 172 valence electrons. The molecule has 1 aromatic heterocycles.